The predicted octanol–water partition coefficient (Wildman–Crippen LogP) is 2.14. The van der Waals surface area contributed by atoms with Gasteiger partial charge in [0.25, 0.3) is 0 Å². The van der Waals surface area contributed by atoms with E-state index in [1.807, 2.05) is 11.2 Å². The van der Waals surface area contributed by atoms with Crippen LogP contribution in [-0.2, 0) is 9.53 Å². The van der Waals surface area contributed by atoms with Crippen LogP contribution in [0, 0.1) is 5.92 Å². The van der Waals surface area contributed by atoms with Gasteiger partial charge in [-0.25, -0.2) is 0 Å². The summed E-state index contributed by atoms with van der Waals surface area (Å²) >= 11 is 0. The summed E-state index contributed by atoms with van der Waals surface area (Å²) in [6.45, 7) is 3.27. The van der Waals surface area contributed by atoms with Gasteiger partial charge in [0.1, 0.15) is 12.2 Å². The Morgan fingerprint density at radius 2 is 1.91 bits per heavy atom. The summed E-state index contributed by atoms with van der Waals surface area (Å²) in [5.41, 5.74) is 0. The Kier molecular flexibility index (Phi) is 4.33. The molecule has 0 atom stereocenters. The third-order valence-electron chi connectivity index (χ3n) is 5.73. The molecule has 4 rings (SSSR count). The molecule has 0 spiro atoms. The highest BCUT2D eigenvalue weighted by atomic mass is 16.5. The molecule has 2 saturated heterocycles. The molecule has 0 unspecified atom stereocenters. The normalized spacial score (nSPS) is 24.1. The van der Waals surface area contributed by atoms with Crippen LogP contribution in [0.4, 0.5) is 0 Å². The maximum absolute atomic E-state index is 12.4. The maximum Gasteiger partial charge on any atom is 0.222 e. The number of hydrogen-bond acceptors (Lipinski definition) is 4. The van der Waals surface area contributed by atoms with Gasteiger partial charge in [-0.05, 0) is 31.6 Å². The van der Waals surface area contributed by atoms with E-state index < -0.39 is 0 Å². The molecule has 126 valence electrons. The first-order chi connectivity index (χ1) is 11.3. The highest BCUT2D eigenvalue weighted by molar-refractivity contribution is 5.77. The SMILES string of the molecule is O=C(CC1CCCC1)N1CC(n2cnnc2C2CCOCC2)C1. The second-order valence-corrected chi connectivity index (χ2v) is 7.29. The van der Waals surface area contributed by atoms with Gasteiger partial charge in [-0.2, -0.15) is 0 Å². The summed E-state index contributed by atoms with van der Waals surface area (Å²) in [6, 6.07) is 0.357. The van der Waals surface area contributed by atoms with E-state index >= 15 is 0 Å². The first kappa shape index (κ1) is 15.1. The summed E-state index contributed by atoms with van der Waals surface area (Å²) in [5, 5.41) is 8.47. The van der Waals surface area contributed by atoms with Crippen molar-refractivity contribution in [1.29, 1.82) is 0 Å². The zero-order chi connectivity index (χ0) is 15.6. The van der Waals surface area contributed by atoms with Gasteiger partial charge in [0.2, 0.25) is 5.91 Å². The van der Waals surface area contributed by atoms with E-state index in [0.717, 1.165) is 51.4 Å². The smallest absolute Gasteiger partial charge is 0.222 e. The third kappa shape index (κ3) is 3.13. The molecule has 1 amide bonds. The fraction of sp³-hybridized carbons (Fsp3) is 0.824. The molecule has 3 heterocycles. The van der Waals surface area contributed by atoms with Crippen molar-refractivity contribution < 1.29 is 9.53 Å². The maximum atomic E-state index is 12.4. The first-order valence-electron chi connectivity index (χ1n) is 9.06. The van der Waals surface area contributed by atoms with E-state index in [1.54, 1.807) is 0 Å². The summed E-state index contributed by atoms with van der Waals surface area (Å²) in [6.07, 6.45) is 9.72. The fourth-order valence-electron chi connectivity index (χ4n) is 4.21. The fourth-order valence-corrected chi connectivity index (χ4v) is 4.21. The lowest BCUT2D eigenvalue weighted by Crippen LogP contribution is -2.51. The number of carbonyl (C=O) groups excluding carboxylic acids is 1. The number of likely N-dealkylation sites (tertiary alicyclic amines) is 1. The van der Waals surface area contributed by atoms with Gasteiger partial charge in [-0.15, -0.1) is 10.2 Å². The van der Waals surface area contributed by atoms with Gasteiger partial charge in [-0.1, -0.05) is 12.8 Å². The number of hydrogen-bond donors (Lipinski definition) is 0. The Labute approximate surface area is 137 Å². The molecule has 3 fully saturated rings. The first-order valence-corrected chi connectivity index (χ1v) is 9.06. The van der Waals surface area contributed by atoms with Gasteiger partial charge in [0.05, 0.1) is 6.04 Å². The molecule has 1 aliphatic carbocycles. The summed E-state index contributed by atoms with van der Waals surface area (Å²) in [4.78, 5) is 14.4. The van der Waals surface area contributed by atoms with E-state index in [2.05, 4.69) is 14.8 Å². The van der Waals surface area contributed by atoms with E-state index in [1.165, 1.54) is 25.7 Å². The zero-order valence-electron chi connectivity index (χ0n) is 13.7. The quantitative estimate of drug-likeness (QED) is 0.853. The molecular formula is C17H26N4O2. The van der Waals surface area contributed by atoms with Crippen molar-refractivity contribution in [3.05, 3.63) is 12.2 Å². The van der Waals surface area contributed by atoms with Crippen LogP contribution >= 0.6 is 0 Å². The molecule has 6 nitrogen and oxygen atoms in total. The molecular weight excluding hydrogens is 292 g/mol. The number of rotatable bonds is 4. The molecule has 0 radical (unpaired) electrons. The number of nitrogens with zero attached hydrogens (tertiary/aromatic N) is 4. The van der Waals surface area contributed by atoms with E-state index in [-0.39, 0.29) is 0 Å². The van der Waals surface area contributed by atoms with Crippen molar-refractivity contribution in [2.24, 2.45) is 5.92 Å². The molecule has 0 bridgehead atoms. The van der Waals surface area contributed by atoms with Crippen molar-refractivity contribution >= 4 is 5.91 Å². The monoisotopic (exact) mass is 318 g/mol. The van der Waals surface area contributed by atoms with Crippen LogP contribution in [0.25, 0.3) is 0 Å². The Morgan fingerprint density at radius 1 is 1.17 bits per heavy atom. The summed E-state index contributed by atoms with van der Waals surface area (Å²) < 4.78 is 7.64. The minimum atomic E-state index is 0.342. The molecule has 23 heavy (non-hydrogen) atoms. The van der Waals surface area contributed by atoms with Crippen LogP contribution in [-0.4, -0.2) is 51.9 Å². The van der Waals surface area contributed by atoms with Gasteiger partial charge in [0.15, 0.2) is 0 Å². The second-order valence-electron chi connectivity index (χ2n) is 7.29. The molecule has 2 aliphatic heterocycles. The summed E-state index contributed by atoms with van der Waals surface area (Å²) in [5.74, 6) is 2.51. The van der Waals surface area contributed by atoms with Crippen molar-refractivity contribution in [3.8, 4) is 0 Å². The minimum Gasteiger partial charge on any atom is -0.381 e. The minimum absolute atomic E-state index is 0.342. The van der Waals surface area contributed by atoms with Crippen molar-refractivity contribution in [2.45, 2.75) is 56.9 Å². The lowest BCUT2D eigenvalue weighted by Gasteiger charge is -2.41. The van der Waals surface area contributed by atoms with Gasteiger partial charge < -0.3 is 14.2 Å². The van der Waals surface area contributed by atoms with Gasteiger partial charge in [-0.3, -0.25) is 4.79 Å². The number of ether oxygens (including phenoxy) is 1. The standard InChI is InChI=1S/C17H26N4O2/c22-16(9-13-3-1-2-4-13)20-10-15(11-20)21-12-18-19-17(21)14-5-7-23-8-6-14/h12-15H,1-11H2. The van der Waals surface area contributed by atoms with E-state index in [0.29, 0.717) is 23.8 Å². The molecule has 1 saturated carbocycles. The Morgan fingerprint density at radius 3 is 2.65 bits per heavy atom. The lowest BCUT2D eigenvalue weighted by atomic mass is 9.97. The molecule has 1 aromatic rings. The average molecular weight is 318 g/mol. The lowest BCUT2D eigenvalue weighted by molar-refractivity contribution is -0.138. The van der Waals surface area contributed by atoms with Gasteiger partial charge >= 0.3 is 0 Å². The van der Waals surface area contributed by atoms with Crippen LogP contribution in [0.3, 0.4) is 0 Å². The van der Waals surface area contributed by atoms with Crippen LogP contribution in [0.1, 0.15) is 62.7 Å². The van der Waals surface area contributed by atoms with Crippen molar-refractivity contribution in [1.82, 2.24) is 19.7 Å². The van der Waals surface area contributed by atoms with E-state index in [4.69, 9.17) is 4.74 Å². The largest absolute Gasteiger partial charge is 0.381 e. The Balaban J connectivity index is 1.33. The summed E-state index contributed by atoms with van der Waals surface area (Å²) in [7, 11) is 0. The van der Waals surface area contributed by atoms with Crippen LogP contribution in [0.2, 0.25) is 0 Å². The average Bonchev–Trinajstić information content (AvgIpc) is 3.18. The molecule has 0 aromatic carbocycles. The number of aromatic nitrogens is 3. The van der Waals surface area contributed by atoms with Crippen LogP contribution in [0.5, 0.6) is 0 Å². The third-order valence-corrected chi connectivity index (χ3v) is 5.73. The van der Waals surface area contributed by atoms with Crippen molar-refractivity contribution in [2.75, 3.05) is 26.3 Å². The molecule has 1 aromatic heterocycles. The van der Waals surface area contributed by atoms with Crippen molar-refractivity contribution in [3.63, 3.8) is 0 Å². The number of carbonyl (C=O) groups is 1. The molecule has 0 N–H and O–H groups in total. The Bertz CT molecular complexity index is 541. The number of amides is 1. The van der Waals surface area contributed by atoms with Crippen LogP contribution < -0.4 is 0 Å². The van der Waals surface area contributed by atoms with Gasteiger partial charge in [0, 0.05) is 38.6 Å². The van der Waals surface area contributed by atoms with Crippen LogP contribution in [0.15, 0.2) is 6.33 Å². The zero-order valence-corrected chi connectivity index (χ0v) is 13.7. The highest BCUT2D eigenvalue weighted by Crippen LogP contribution is 2.32. The topological polar surface area (TPSA) is 60.2 Å². The highest BCUT2D eigenvalue weighted by Gasteiger charge is 2.35. The molecule has 3 aliphatic rings. The second kappa shape index (κ2) is 6.59. The molecule has 6 heteroatoms. The van der Waals surface area contributed by atoms with E-state index in [9.17, 15) is 4.79 Å². The Hall–Kier alpha value is -1.43. The predicted molar refractivity (Wildman–Crippen MR) is 85.0 cm³/mol.